The molecule has 156 valence electrons. The van der Waals surface area contributed by atoms with Crippen molar-refractivity contribution in [2.24, 2.45) is 0 Å². The zero-order valence-corrected chi connectivity index (χ0v) is 18.6. The lowest BCUT2D eigenvalue weighted by atomic mass is 9.87. The highest BCUT2D eigenvalue weighted by atomic mass is 16.5. The van der Waals surface area contributed by atoms with Crippen LogP contribution in [-0.4, -0.2) is 22.6 Å². The number of amides is 1. The van der Waals surface area contributed by atoms with Crippen molar-refractivity contribution < 1.29 is 9.32 Å². The molecule has 0 saturated carbocycles. The lowest BCUT2D eigenvalue weighted by Gasteiger charge is -2.22. The van der Waals surface area contributed by atoms with Crippen molar-refractivity contribution in [2.45, 2.75) is 59.3 Å². The van der Waals surface area contributed by atoms with Crippen molar-refractivity contribution >= 4 is 11.6 Å². The Kier molecular flexibility index (Phi) is 5.00. The number of carbonyl (C=O) groups is 1. The number of benzene rings is 2. The molecule has 0 N–H and O–H groups in total. The fourth-order valence-corrected chi connectivity index (χ4v) is 4.33. The van der Waals surface area contributed by atoms with E-state index in [1.807, 2.05) is 17.0 Å². The van der Waals surface area contributed by atoms with Gasteiger partial charge in [0.15, 0.2) is 5.82 Å². The van der Waals surface area contributed by atoms with Gasteiger partial charge in [-0.2, -0.15) is 4.98 Å². The third kappa shape index (κ3) is 3.76. The minimum absolute atomic E-state index is 0.0658. The van der Waals surface area contributed by atoms with Crippen LogP contribution in [0.2, 0.25) is 0 Å². The summed E-state index contributed by atoms with van der Waals surface area (Å²) in [6, 6.07) is 12.5. The third-order valence-electron chi connectivity index (χ3n) is 5.84. The Labute approximate surface area is 178 Å². The summed E-state index contributed by atoms with van der Waals surface area (Å²) in [5.41, 5.74) is 6.70. The number of hydrogen-bond acceptors (Lipinski definition) is 4. The summed E-state index contributed by atoms with van der Waals surface area (Å²) in [6.45, 7) is 13.3. The molecule has 5 nitrogen and oxygen atoms in total. The van der Waals surface area contributed by atoms with E-state index in [4.69, 9.17) is 4.52 Å². The molecule has 0 aliphatic carbocycles. The van der Waals surface area contributed by atoms with E-state index in [1.165, 1.54) is 11.1 Å². The maximum atomic E-state index is 12.8. The summed E-state index contributed by atoms with van der Waals surface area (Å²) in [5.74, 6) is 1.14. The van der Waals surface area contributed by atoms with E-state index in [1.54, 1.807) is 0 Å². The van der Waals surface area contributed by atoms with Crippen LogP contribution in [0.4, 0.5) is 5.69 Å². The Morgan fingerprint density at radius 1 is 1.03 bits per heavy atom. The van der Waals surface area contributed by atoms with Crippen LogP contribution in [0.5, 0.6) is 0 Å². The molecule has 1 saturated heterocycles. The van der Waals surface area contributed by atoms with Gasteiger partial charge in [-0.25, -0.2) is 0 Å². The molecule has 2 aromatic carbocycles. The molecule has 1 unspecified atom stereocenters. The van der Waals surface area contributed by atoms with Crippen LogP contribution in [0.25, 0.3) is 11.5 Å². The monoisotopic (exact) mass is 403 g/mol. The van der Waals surface area contributed by atoms with Crippen molar-refractivity contribution in [3.63, 3.8) is 0 Å². The number of aryl methyl sites for hydroxylation is 3. The molecule has 0 radical (unpaired) electrons. The van der Waals surface area contributed by atoms with Gasteiger partial charge in [-0.3, -0.25) is 4.79 Å². The van der Waals surface area contributed by atoms with Gasteiger partial charge in [0.1, 0.15) is 0 Å². The van der Waals surface area contributed by atoms with E-state index in [0.29, 0.717) is 24.7 Å². The Morgan fingerprint density at radius 2 is 1.67 bits per heavy atom. The van der Waals surface area contributed by atoms with Gasteiger partial charge in [0.2, 0.25) is 5.91 Å². The summed E-state index contributed by atoms with van der Waals surface area (Å²) in [7, 11) is 0. The number of anilines is 1. The zero-order chi connectivity index (χ0) is 21.6. The largest absolute Gasteiger partial charge is 0.334 e. The van der Waals surface area contributed by atoms with Gasteiger partial charge in [-0.15, -0.1) is 0 Å². The quantitative estimate of drug-likeness (QED) is 0.581. The van der Waals surface area contributed by atoms with Gasteiger partial charge in [-0.05, 0) is 55.0 Å². The number of hydrogen-bond donors (Lipinski definition) is 0. The first-order valence-electron chi connectivity index (χ1n) is 10.5. The first kappa shape index (κ1) is 20.3. The molecule has 1 aliphatic heterocycles. The highest BCUT2D eigenvalue weighted by Gasteiger charge is 2.35. The van der Waals surface area contributed by atoms with E-state index in [2.05, 4.69) is 75.9 Å². The number of aromatic nitrogens is 2. The van der Waals surface area contributed by atoms with Crippen LogP contribution in [0, 0.1) is 20.8 Å². The van der Waals surface area contributed by atoms with Gasteiger partial charge in [0, 0.05) is 30.1 Å². The molecular formula is C25H29N3O2. The number of rotatable bonds is 3. The fraction of sp³-hybridized carbons (Fsp3) is 0.400. The number of carbonyl (C=O) groups excluding carboxylic acids is 1. The van der Waals surface area contributed by atoms with E-state index in [9.17, 15) is 4.79 Å². The van der Waals surface area contributed by atoms with E-state index >= 15 is 0 Å². The summed E-state index contributed by atoms with van der Waals surface area (Å²) in [6.07, 6.45) is 0.398. The Morgan fingerprint density at radius 3 is 2.27 bits per heavy atom. The molecular weight excluding hydrogens is 374 g/mol. The molecule has 1 aromatic heterocycles. The molecule has 0 bridgehead atoms. The second-order valence-electron chi connectivity index (χ2n) is 9.44. The van der Waals surface area contributed by atoms with Crippen molar-refractivity contribution in [2.75, 3.05) is 11.4 Å². The molecule has 4 rings (SSSR count). The lowest BCUT2D eigenvalue weighted by molar-refractivity contribution is -0.117. The minimum atomic E-state index is -0.0658. The van der Waals surface area contributed by atoms with Crippen LogP contribution < -0.4 is 4.90 Å². The second-order valence-corrected chi connectivity index (χ2v) is 9.44. The SMILES string of the molecule is Cc1cc(C)c(N2CC(c3noc(-c4ccc(C(C)(C)C)cc4)n3)CC2=O)c(C)c1. The maximum Gasteiger partial charge on any atom is 0.257 e. The second kappa shape index (κ2) is 7.38. The predicted octanol–water partition coefficient (Wildman–Crippen LogP) is 5.48. The van der Waals surface area contributed by atoms with Crippen LogP contribution in [0.15, 0.2) is 40.9 Å². The predicted molar refractivity (Wildman–Crippen MR) is 119 cm³/mol. The van der Waals surface area contributed by atoms with Crippen molar-refractivity contribution in [1.29, 1.82) is 0 Å². The molecule has 1 aliphatic rings. The van der Waals surface area contributed by atoms with Gasteiger partial charge in [0.25, 0.3) is 5.89 Å². The van der Waals surface area contributed by atoms with Crippen LogP contribution >= 0.6 is 0 Å². The first-order chi connectivity index (χ1) is 14.1. The molecule has 1 amide bonds. The van der Waals surface area contributed by atoms with Crippen LogP contribution in [0.1, 0.15) is 61.2 Å². The highest BCUT2D eigenvalue weighted by molar-refractivity contribution is 5.97. The van der Waals surface area contributed by atoms with Crippen molar-refractivity contribution in [3.05, 3.63) is 64.5 Å². The molecule has 3 aromatic rings. The Balaban J connectivity index is 1.56. The molecule has 2 heterocycles. The van der Waals surface area contributed by atoms with Gasteiger partial charge in [-0.1, -0.05) is 55.8 Å². The number of nitrogens with zero attached hydrogens (tertiary/aromatic N) is 3. The molecule has 5 heteroatoms. The Bertz CT molecular complexity index is 1070. The third-order valence-corrected chi connectivity index (χ3v) is 5.84. The summed E-state index contributed by atoms with van der Waals surface area (Å²) < 4.78 is 5.54. The topological polar surface area (TPSA) is 59.2 Å². The van der Waals surface area contributed by atoms with Crippen LogP contribution in [0.3, 0.4) is 0 Å². The zero-order valence-electron chi connectivity index (χ0n) is 18.6. The van der Waals surface area contributed by atoms with E-state index in [0.717, 1.165) is 22.4 Å². The van der Waals surface area contributed by atoms with E-state index in [-0.39, 0.29) is 17.2 Å². The average molecular weight is 404 g/mol. The standard InChI is InChI=1S/C25H29N3O2/c1-15-11-16(2)22(17(3)12-15)28-14-19(13-21(28)29)23-26-24(30-27-23)18-7-9-20(10-8-18)25(4,5)6/h7-12,19H,13-14H2,1-6H3. The molecule has 30 heavy (non-hydrogen) atoms. The minimum Gasteiger partial charge on any atom is -0.334 e. The van der Waals surface area contributed by atoms with Crippen LogP contribution in [-0.2, 0) is 10.2 Å². The lowest BCUT2D eigenvalue weighted by Crippen LogP contribution is -2.26. The highest BCUT2D eigenvalue weighted by Crippen LogP contribution is 2.35. The molecule has 1 atom stereocenters. The summed E-state index contributed by atoms with van der Waals surface area (Å²) in [5, 5.41) is 4.20. The van der Waals surface area contributed by atoms with Gasteiger partial charge in [0.05, 0.1) is 0 Å². The Hall–Kier alpha value is -2.95. The first-order valence-corrected chi connectivity index (χ1v) is 10.5. The normalized spacial score (nSPS) is 17.1. The van der Waals surface area contributed by atoms with Crippen molar-refractivity contribution in [1.82, 2.24) is 10.1 Å². The van der Waals surface area contributed by atoms with Crippen molar-refractivity contribution in [3.8, 4) is 11.5 Å². The van der Waals surface area contributed by atoms with Gasteiger partial charge >= 0.3 is 0 Å². The summed E-state index contributed by atoms with van der Waals surface area (Å²) in [4.78, 5) is 19.3. The average Bonchev–Trinajstić information content (AvgIpc) is 3.28. The molecule has 1 fully saturated rings. The fourth-order valence-electron chi connectivity index (χ4n) is 4.33. The summed E-state index contributed by atoms with van der Waals surface area (Å²) >= 11 is 0. The molecule has 0 spiro atoms. The van der Waals surface area contributed by atoms with E-state index < -0.39 is 0 Å². The maximum absolute atomic E-state index is 12.8. The smallest absolute Gasteiger partial charge is 0.257 e. The van der Waals surface area contributed by atoms with Gasteiger partial charge < -0.3 is 9.42 Å².